The van der Waals surface area contributed by atoms with Crippen molar-refractivity contribution in [3.8, 4) is 0 Å². The minimum atomic E-state index is 0.110. The molecule has 1 aromatic heterocycles. The fourth-order valence-corrected chi connectivity index (χ4v) is 3.13. The van der Waals surface area contributed by atoms with Crippen LogP contribution in [0.25, 0.3) is 0 Å². The summed E-state index contributed by atoms with van der Waals surface area (Å²) in [5.41, 5.74) is 1.24. The predicted octanol–water partition coefficient (Wildman–Crippen LogP) is 3.77. The van der Waals surface area contributed by atoms with E-state index in [4.69, 9.17) is 9.15 Å². The summed E-state index contributed by atoms with van der Waals surface area (Å²) in [7, 11) is 0. The summed E-state index contributed by atoms with van der Waals surface area (Å²) in [6, 6.07) is 14.6. The zero-order valence-electron chi connectivity index (χ0n) is 12.5. The highest BCUT2D eigenvalue weighted by Gasteiger charge is 2.28. The fraction of sp³-hybridized carbons (Fsp3) is 0.444. The van der Waals surface area contributed by atoms with Crippen LogP contribution in [0.15, 0.2) is 53.1 Å². The highest BCUT2D eigenvalue weighted by molar-refractivity contribution is 5.26. The first-order valence-corrected chi connectivity index (χ1v) is 7.81. The average molecular weight is 285 g/mol. The summed E-state index contributed by atoms with van der Waals surface area (Å²) in [5, 5.41) is 3.67. The van der Waals surface area contributed by atoms with Gasteiger partial charge in [-0.05, 0) is 36.5 Å². The van der Waals surface area contributed by atoms with Gasteiger partial charge in [0, 0.05) is 13.2 Å². The standard InChI is InChI=1S/C18H23NO2/c1-2-16-15(10-12-21-16)13-19-18(17-9-6-11-20-17)14-7-4-3-5-8-14/h3-9,11,15-16,18-19H,2,10,12-13H2,1H3. The minimum absolute atomic E-state index is 0.110. The second-order valence-corrected chi connectivity index (χ2v) is 5.63. The second-order valence-electron chi connectivity index (χ2n) is 5.63. The van der Waals surface area contributed by atoms with Crippen molar-refractivity contribution in [1.29, 1.82) is 0 Å². The largest absolute Gasteiger partial charge is 0.467 e. The average Bonchev–Trinajstić information content (AvgIpc) is 3.20. The molecule has 2 heterocycles. The van der Waals surface area contributed by atoms with Gasteiger partial charge in [0.1, 0.15) is 5.76 Å². The van der Waals surface area contributed by atoms with Gasteiger partial charge < -0.3 is 14.5 Å². The fourth-order valence-electron chi connectivity index (χ4n) is 3.13. The van der Waals surface area contributed by atoms with Gasteiger partial charge in [-0.2, -0.15) is 0 Å². The van der Waals surface area contributed by atoms with Crippen LogP contribution in [0.4, 0.5) is 0 Å². The molecule has 1 aromatic carbocycles. The van der Waals surface area contributed by atoms with Gasteiger partial charge in [-0.25, -0.2) is 0 Å². The smallest absolute Gasteiger partial charge is 0.125 e. The number of furan rings is 1. The Morgan fingerprint density at radius 3 is 2.76 bits per heavy atom. The van der Waals surface area contributed by atoms with E-state index in [0.29, 0.717) is 12.0 Å². The normalized spacial score (nSPS) is 23.3. The van der Waals surface area contributed by atoms with Crippen LogP contribution in [0.3, 0.4) is 0 Å². The molecular weight excluding hydrogens is 262 g/mol. The van der Waals surface area contributed by atoms with Gasteiger partial charge >= 0.3 is 0 Å². The Labute approximate surface area is 126 Å². The Balaban J connectivity index is 1.71. The van der Waals surface area contributed by atoms with Crippen LogP contribution in [-0.4, -0.2) is 19.3 Å². The highest BCUT2D eigenvalue weighted by atomic mass is 16.5. The van der Waals surface area contributed by atoms with E-state index in [9.17, 15) is 0 Å². The molecule has 0 aliphatic carbocycles. The first-order chi connectivity index (χ1) is 10.4. The highest BCUT2D eigenvalue weighted by Crippen LogP contribution is 2.26. The second kappa shape index (κ2) is 6.92. The lowest BCUT2D eigenvalue weighted by Crippen LogP contribution is -2.31. The summed E-state index contributed by atoms with van der Waals surface area (Å²) in [4.78, 5) is 0. The third-order valence-electron chi connectivity index (χ3n) is 4.29. The van der Waals surface area contributed by atoms with E-state index in [1.165, 1.54) is 5.56 Å². The molecule has 1 aliphatic heterocycles. The summed E-state index contributed by atoms with van der Waals surface area (Å²) >= 11 is 0. The van der Waals surface area contributed by atoms with Gasteiger partial charge in [-0.1, -0.05) is 37.3 Å². The maximum Gasteiger partial charge on any atom is 0.125 e. The van der Waals surface area contributed by atoms with Crippen LogP contribution in [-0.2, 0) is 4.74 Å². The Morgan fingerprint density at radius 2 is 2.05 bits per heavy atom. The molecule has 0 spiro atoms. The number of hydrogen-bond donors (Lipinski definition) is 1. The molecule has 0 bridgehead atoms. The predicted molar refractivity (Wildman–Crippen MR) is 83.1 cm³/mol. The maximum atomic E-state index is 5.78. The number of ether oxygens (including phenoxy) is 1. The van der Waals surface area contributed by atoms with Crippen molar-refractivity contribution in [3.63, 3.8) is 0 Å². The Hall–Kier alpha value is -1.58. The first-order valence-electron chi connectivity index (χ1n) is 7.81. The lowest BCUT2D eigenvalue weighted by Gasteiger charge is -2.22. The van der Waals surface area contributed by atoms with E-state index < -0.39 is 0 Å². The van der Waals surface area contributed by atoms with Gasteiger partial charge in [0.2, 0.25) is 0 Å². The molecular formula is C18H23NO2. The van der Waals surface area contributed by atoms with Crippen molar-refractivity contribution in [3.05, 3.63) is 60.1 Å². The molecule has 1 N–H and O–H groups in total. The molecule has 0 radical (unpaired) electrons. The van der Waals surface area contributed by atoms with Crippen LogP contribution >= 0.6 is 0 Å². The van der Waals surface area contributed by atoms with Gasteiger partial charge in [0.15, 0.2) is 0 Å². The Bertz CT molecular complexity index is 523. The lowest BCUT2D eigenvalue weighted by atomic mass is 9.98. The number of hydrogen-bond acceptors (Lipinski definition) is 3. The zero-order chi connectivity index (χ0) is 14.5. The van der Waals surface area contributed by atoms with Crippen LogP contribution in [0.1, 0.15) is 37.1 Å². The molecule has 3 unspecified atom stereocenters. The van der Waals surface area contributed by atoms with Crippen molar-refractivity contribution in [2.24, 2.45) is 5.92 Å². The number of benzene rings is 1. The van der Waals surface area contributed by atoms with E-state index in [1.807, 2.05) is 18.2 Å². The third-order valence-corrected chi connectivity index (χ3v) is 4.29. The zero-order valence-corrected chi connectivity index (χ0v) is 12.5. The van der Waals surface area contributed by atoms with Crippen LogP contribution in [0, 0.1) is 5.92 Å². The SMILES string of the molecule is CCC1OCCC1CNC(c1ccccc1)c1ccco1. The molecule has 0 saturated carbocycles. The third kappa shape index (κ3) is 3.36. The van der Waals surface area contributed by atoms with Crippen LogP contribution < -0.4 is 5.32 Å². The van der Waals surface area contributed by atoms with E-state index in [1.54, 1.807) is 6.26 Å². The van der Waals surface area contributed by atoms with Crippen molar-refractivity contribution < 1.29 is 9.15 Å². The molecule has 1 saturated heterocycles. The van der Waals surface area contributed by atoms with Gasteiger partial charge in [0.25, 0.3) is 0 Å². The van der Waals surface area contributed by atoms with E-state index in [0.717, 1.165) is 31.8 Å². The van der Waals surface area contributed by atoms with E-state index in [-0.39, 0.29) is 6.04 Å². The number of rotatable bonds is 6. The van der Waals surface area contributed by atoms with E-state index >= 15 is 0 Å². The maximum absolute atomic E-state index is 5.78. The molecule has 112 valence electrons. The van der Waals surface area contributed by atoms with Crippen molar-refractivity contribution in [2.45, 2.75) is 31.9 Å². The summed E-state index contributed by atoms with van der Waals surface area (Å²) in [5.74, 6) is 1.56. The molecule has 2 aromatic rings. The first kappa shape index (κ1) is 14.4. The Kier molecular flexibility index (Phi) is 4.73. The molecule has 1 aliphatic rings. The Morgan fingerprint density at radius 1 is 1.19 bits per heavy atom. The molecule has 21 heavy (non-hydrogen) atoms. The van der Waals surface area contributed by atoms with Crippen molar-refractivity contribution >= 4 is 0 Å². The van der Waals surface area contributed by atoms with Crippen LogP contribution in [0.5, 0.6) is 0 Å². The van der Waals surface area contributed by atoms with Gasteiger partial charge in [0.05, 0.1) is 18.4 Å². The van der Waals surface area contributed by atoms with E-state index in [2.05, 4.69) is 36.5 Å². The molecule has 0 amide bonds. The van der Waals surface area contributed by atoms with Crippen LogP contribution in [0.2, 0.25) is 0 Å². The summed E-state index contributed by atoms with van der Waals surface area (Å²) < 4.78 is 11.4. The minimum Gasteiger partial charge on any atom is -0.467 e. The van der Waals surface area contributed by atoms with Crippen molar-refractivity contribution in [1.82, 2.24) is 5.32 Å². The molecule has 3 nitrogen and oxygen atoms in total. The quantitative estimate of drug-likeness (QED) is 0.877. The van der Waals surface area contributed by atoms with Gasteiger partial charge in [-0.3, -0.25) is 0 Å². The topological polar surface area (TPSA) is 34.4 Å². The molecule has 3 heteroatoms. The lowest BCUT2D eigenvalue weighted by molar-refractivity contribution is 0.0867. The number of nitrogens with one attached hydrogen (secondary N) is 1. The van der Waals surface area contributed by atoms with Gasteiger partial charge in [-0.15, -0.1) is 0 Å². The monoisotopic (exact) mass is 285 g/mol. The summed E-state index contributed by atoms with van der Waals surface area (Å²) in [6.07, 6.45) is 4.36. The molecule has 1 fully saturated rings. The molecule has 3 rings (SSSR count). The summed E-state index contributed by atoms with van der Waals surface area (Å²) in [6.45, 7) is 4.05. The molecule has 3 atom stereocenters. The van der Waals surface area contributed by atoms with Crippen molar-refractivity contribution in [2.75, 3.05) is 13.2 Å².